The van der Waals surface area contributed by atoms with Crippen LogP contribution in [-0.2, 0) is 23.9 Å². The Hall–Kier alpha value is -1.65. The highest BCUT2D eigenvalue weighted by Gasteiger charge is 2.58. The summed E-state index contributed by atoms with van der Waals surface area (Å²) in [6, 6.07) is 0. The predicted octanol–water partition coefficient (Wildman–Crippen LogP) is 5.16. The first kappa shape index (κ1) is 22.5. The van der Waals surface area contributed by atoms with Crippen LogP contribution in [0, 0.1) is 28.6 Å². The molecule has 4 aliphatic rings. The van der Waals surface area contributed by atoms with E-state index in [1.165, 1.54) is 5.57 Å². The zero-order chi connectivity index (χ0) is 22.4. The Labute approximate surface area is 186 Å². The minimum atomic E-state index is -0.348. The first-order chi connectivity index (χ1) is 14.6. The summed E-state index contributed by atoms with van der Waals surface area (Å²) in [6.07, 6.45) is 10.1. The number of ketones is 1. The van der Waals surface area contributed by atoms with Crippen LogP contribution in [0.15, 0.2) is 11.6 Å². The van der Waals surface area contributed by atoms with Gasteiger partial charge in [-0.25, -0.2) is 0 Å². The fraction of sp³-hybridized carbons (Fsp3) is 0.808. The standard InChI is InChI=1S/C26H38O5/c1-16(2)30-23(28)9-10-24(29)31-18-11-13-25(3)17(15-18)5-6-19-20-7-8-22(27)26(20,4)14-12-21(19)25/h5,16,18-21H,6-15H2,1-4H3/t18-,19-,20-,21-,25-,26-/m0/s1. The normalized spacial score (nSPS) is 39.3. The van der Waals surface area contributed by atoms with E-state index < -0.39 is 0 Å². The van der Waals surface area contributed by atoms with Gasteiger partial charge in [-0.05, 0) is 75.5 Å². The van der Waals surface area contributed by atoms with Crippen LogP contribution < -0.4 is 0 Å². The van der Waals surface area contributed by atoms with Gasteiger partial charge in [0, 0.05) is 18.3 Å². The molecule has 0 heterocycles. The van der Waals surface area contributed by atoms with E-state index in [1.807, 2.05) is 0 Å². The Kier molecular flexibility index (Phi) is 6.08. The molecule has 0 spiro atoms. The van der Waals surface area contributed by atoms with Crippen LogP contribution in [0.4, 0.5) is 0 Å². The maximum Gasteiger partial charge on any atom is 0.306 e. The molecule has 0 aromatic carbocycles. The highest BCUT2D eigenvalue weighted by atomic mass is 16.5. The molecule has 0 bridgehead atoms. The van der Waals surface area contributed by atoms with E-state index in [1.54, 1.807) is 13.8 Å². The molecule has 3 saturated carbocycles. The quantitative estimate of drug-likeness (QED) is 0.445. The number of rotatable bonds is 5. The van der Waals surface area contributed by atoms with Gasteiger partial charge in [-0.3, -0.25) is 14.4 Å². The average Bonchev–Trinajstić information content (AvgIpc) is 3.01. The fourth-order valence-corrected chi connectivity index (χ4v) is 7.27. The molecule has 5 heteroatoms. The summed E-state index contributed by atoms with van der Waals surface area (Å²) >= 11 is 0. The second kappa shape index (κ2) is 8.37. The van der Waals surface area contributed by atoms with Crippen LogP contribution >= 0.6 is 0 Å². The molecule has 0 unspecified atom stereocenters. The summed E-state index contributed by atoms with van der Waals surface area (Å²) in [7, 11) is 0. The van der Waals surface area contributed by atoms with E-state index in [9.17, 15) is 14.4 Å². The zero-order valence-electron chi connectivity index (χ0n) is 19.6. The van der Waals surface area contributed by atoms with Crippen molar-refractivity contribution in [3.05, 3.63) is 11.6 Å². The lowest BCUT2D eigenvalue weighted by Gasteiger charge is -2.56. The molecule has 0 saturated heterocycles. The third-order valence-electron chi connectivity index (χ3n) is 8.97. The molecule has 4 aliphatic carbocycles. The first-order valence-electron chi connectivity index (χ1n) is 12.3. The Morgan fingerprint density at radius 1 is 1.03 bits per heavy atom. The number of carbonyl (C=O) groups is 3. The van der Waals surface area contributed by atoms with Crippen LogP contribution in [0.3, 0.4) is 0 Å². The van der Waals surface area contributed by atoms with Crippen molar-refractivity contribution in [1.29, 1.82) is 0 Å². The third kappa shape index (κ3) is 4.09. The SMILES string of the molecule is CC(C)OC(=O)CCC(=O)O[C@H]1CC[C@@]2(C)C(=CC[C@@H]3[C@@H]2CC[C@]2(C)C(=O)CC[C@@H]32)C1. The van der Waals surface area contributed by atoms with Crippen LogP contribution in [0.1, 0.15) is 91.9 Å². The van der Waals surface area contributed by atoms with E-state index in [0.717, 1.165) is 51.4 Å². The van der Waals surface area contributed by atoms with E-state index in [2.05, 4.69) is 19.9 Å². The maximum absolute atomic E-state index is 12.6. The molecule has 0 aromatic rings. The van der Waals surface area contributed by atoms with Gasteiger partial charge in [0.15, 0.2) is 0 Å². The van der Waals surface area contributed by atoms with Crippen molar-refractivity contribution in [2.24, 2.45) is 28.6 Å². The van der Waals surface area contributed by atoms with E-state index in [4.69, 9.17) is 9.47 Å². The number of fused-ring (bicyclic) bond motifs is 5. The Morgan fingerprint density at radius 3 is 2.45 bits per heavy atom. The Balaban J connectivity index is 1.37. The smallest absolute Gasteiger partial charge is 0.306 e. The summed E-state index contributed by atoms with van der Waals surface area (Å²) in [4.78, 5) is 36.5. The minimum Gasteiger partial charge on any atom is -0.463 e. The maximum atomic E-state index is 12.6. The highest BCUT2D eigenvalue weighted by Crippen LogP contribution is 2.64. The van der Waals surface area contributed by atoms with Crippen LogP contribution in [-0.4, -0.2) is 29.9 Å². The lowest BCUT2D eigenvalue weighted by molar-refractivity contribution is -0.156. The van der Waals surface area contributed by atoms with E-state index in [0.29, 0.717) is 23.5 Å². The van der Waals surface area contributed by atoms with Gasteiger partial charge in [0.05, 0.1) is 18.9 Å². The number of hydrogen-bond donors (Lipinski definition) is 0. The minimum absolute atomic E-state index is 0.0762. The molecule has 6 atom stereocenters. The molecular formula is C26H38O5. The van der Waals surface area contributed by atoms with E-state index >= 15 is 0 Å². The van der Waals surface area contributed by atoms with Gasteiger partial charge in [0.1, 0.15) is 11.9 Å². The molecule has 5 nitrogen and oxygen atoms in total. The topological polar surface area (TPSA) is 69.7 Å². The Morgan fingerprint density at radius 2 is 1.71 bits per heavy atom. The van der Waals surface area contributed by atoms with Gasteiger partial charge < -0.3 is 9.47 Å². The van der Waals surface area contributed by atoms with Gasteiger partial charge in [-0.15, -0.1) is 0 Å². The van der Waals surface area contributed by atoms with Gasteiger partial charge in [-0.1, -0.05) is 25.5 Å². The molecule has 0 aromatic heterocycles. The molecule has 0 aliphatic heterocycles. The second-order valence-electron chi connectivity index (χ2n) is 11.1. The van der Waals surface area contributed by atoms with Crippen molar-refractivity contribution in [3.8, 4) is 0 Å². The van der Waals surface area contributed by atoms with Crippen LogP contribution in [0.25, 0.3) is 0 Å². The monoisotopic (exact) mass is 430 g/mol. The van der Waals surface area contributed by atoms with Crippen molar-refractivity contribution in [2.75, 3.05) is 0 Å². The number of ether oxygens (including phenoxy) is 2. The van der Waals surface area contributed by atoms with Crippen molar-refractivity contribution in [2.45, 2.75) is 104 Å². The number of esters is 2. The van der Waals surface area contributed by atoms with Crippen molar-refractivity contribution in [3.63, 3.8) is 0 Å². The molecule has 0 radical (unpaired) electrons. The van der Waals surface area contributed by atoms with Gasteiger partial charge >= 0.3 is 11.9 Å². The lowest BCUT2D eigenvalue weighted by atomic mass is 9.48. The summed E-state index contributed by atoms with van der Waals surface area (Å²) in [5.74, 6) is 1.63. The zero-order valence-corrected chi connectivity index (χ0v) is 19.6. The first-order valence-corrected chi connectivity index (χ1v) is 12.3. The molecule has 172 valence electrons. The van der Waals surface area contributed by atoms with Crippen molar-refractivity contribution < 1.29 is 23.9 Å². The second-order valence-corrected chi connectivity index (χ2v) is 11.1. The lowest BCUT2D eigenvalue weighted by Crippen LogP contribution is -2.50. The number of carbonyl (C=O) groups excluding carboxylic acids is 3. The van der Waals surface area contributed by atoms with Gasteiger partial charge in [-0.2, -0.15) is 0 Å². The molecule has 0 amide bonds. The summed E-state index contributed by atoms with van der Waals surface area (Å²) < 4.78 is 10.8. The van der Waals surface area contributed by atoms with Crippen LogP contribution in [0.5, 0.6) is 0 Å². The predicted molar refractivity (Wildman–Crippen MR) is 117 cm³/mol. The van der Waals surface area contributed by atoms with Crippen molar-refractivity contribution in [1.82, 2.24) is 0 Å². The number of Topliss-reactive ketones (excluding diaryl/α,β-unsaturated/α-hetero) is 1. The fourth-order valence-electron chi connectivity index (χ4n) is 7.27. The molecule has 3 fully saturated rings. The number of allylic oxidation sites excluding steroid dienone is 1. The number of hydrogen-bond acceptors (Lipinski definition) is 5. The largest absolute Gasteiger partial charge is 0.463 e. The summed E-state index contributed by atoms with van der Waals surface area (Å²) in [6.45, 7) is 8.23. The Bertz CT molecular complexity index is 783. The molecule has 31 heavy (non-hydrogen) atoms. The van der Waals surface area contributed by atoms with Crippen molar-refractivity contribution >= 4 is 17.7 Å². The van der Waals surface area contributed by atoms with Crippen LogP contribution in [0.2, 0.25) is 0 Å². The van der Waals surface area contributed by atoms with Gasteiger partial charge in [0.2, 0.25) is 0 Å². The molecular weight excluding hydrogens is 392 g/mol. The highest BCUT2D eigenvalue weighted by molar-refractivity contribution is 5.87. The average molecular weight is 431 g/mol. The molecule has 4 rings (SSSR count). The summed E-state index contributed by atoms with van der Waals surface area (Å²) in [5, 5.41) is 0. The summed E-state index contributed by atoms with van der Waals surface area (Å²) in [5.41, 5.74) is 1.52. The third-order valence-corrected chi connectivity index (χ3v) is 8.97. The molecule has 0 N–H and O–H groups in total. The van der Waals surface area contributed by atoms with Gasteiger partial charge in [0.25, 0.3) is 0 Å². The van der Waals surface area contributed by atoms with E-state index in [-0.39, 0.29) is 47.8 Å².